The summed E-state index contributed by atoms with van der Waals surface area (Å²) in [6, 6.07) is 0. The van der Waals surface area contributed by atoms with Crippen LogP contribution in [0.4, 0.5) is 0 Å². The normalized spacial score (nSPS) is 43.2. The zero-order valence-electron chi connectivity index (χ0n) is 13.8. The van der Waals surface area contributed by atoms with Gasteiger partial charge >= 0.3 is 0 Å². The van der Waals surface area contributed by atoms with Gasteiger partial charge in [-0.25, -0.2) is 0 Å². The molecule has 0 aromatic heterocycles. The van der Waals surface area contributed by atoms with Crippen LogP contribution in [0.2, 0.25) is 0 Å². The van der Waals surface area contributed by atoms with Crippen LogP contribution in [0.5, 0.6) is 0 Å². The molecule has 0 radical (unpaired) electrons. The Balaban J connectivity index is 1.33. The number of aliphatic hydroxyl groups is 1. The minimum atomic E-state index is 0.241. The van der Waals surface area contributed by atoms with Crippen LogP contribution < -0.4 is 5.32 Å². The first-order chi connectivity index (χ1) is 10.7. The van der Waals surface area contributed by atoms with Crippen molar-refractivity contribution >= 4 is 0 Å². The summed E-state index contributed by atoms with van der Waals surface area (Å²) >= 11 is 0. The summed E-state index contributed by atoms with van der Waals surface area (Å²) in [5.74, 6) is 3.65. The fourth-order valence-corrected chi connectivity index (χ4v) is 6.18. The highest BCUT2D eigenvalue weighted by Gasteiger charge is 2.50. The Morgan fingerprint density at radius 2 is 1.82 bits per heavy atom. The van der Waals surface area contributed by atoms with Gasteiger partial charge in [-0.2, -0.15) is 0 Å². The number of allylic oxidation sites excluding steroid dienone is 1. The molecule has 4 saturated carbocycles. The molecule has 0 unspecified atom stereocenters. The summed E-state index contributed by atoms with van der Waals surface area (Å²) < 4.78 is 0. The van der Waals surface area contributed by atoms with Gasteiger partial charge in [-0.1, -0.05) is 18.2 Å². The third-order valence-electron chi connectivity index (χ3n) is 7.01. The highest BCUT2D eigenvalue weighted by atomic mass is 16.3. The zero-order valence-corrected chi connectivity index (χ0v) is 13.8. The first kappa shape index (κ1) is 15.0. The minimum absolute atomic E-state index is 0.241. The summed E-state index contributed by atoms with van der Waals surface area (Å²) in [5.41, 5.74) is 3.07. The lowest BCUT2D eigenvalue weighted by Crippen LogP contribution is -2.58. The Morgan fingerprint density at radius 3 is 2.32 bits per heavy atom. The molecule has 0 saturated heterocycles. The number of hydrogen-bond acceptors (Lipinski definition) is 2. The van der Waals surface area contributed by atoms with Gasteiger partial charge in [0.15, 0.2) is 0 Å². The summed E-state index contributed by atoms with van der Waals surface area (Å²) in [6.45, 7) is 5.65. The molecule has 0 aliphatic heterocycles. The summed E-state index contributed by atoms with van der Waals surface area (Å²) in [4.78, 5) is 0. The van der Waals surface area contributed by atoms with E-state index >= 15 is 0 Å². The van der Waals surface area contributed by atoms with Crippen molar-refractivity contribution in [3.8, 4) is 0 Å². The third-order valence-corrected chi connectivity index (χ3v) is 7.01. The van der Waals surface area contributed by atoms with Crippen molar-refractivity contribution in [2.24, 2.45) is 23.7 Å². The Morgan fingerprint density at radius 1 is 1.18 bits per heavy atom. The molecule has 5 rings (SSSR count). The van der Waals surface area contributed by atoms with Crippen LogP contribution in [0.25, 0.3) is 0 Å². The molecule has 2 heteroatoms. The summed E-state index contributed by atoms with van der Waals surface area (Å²) in [5, 5.41) is 13.2. The fraction of sp³-hybridized carbons (Fsp3) is 0.800. The van der Waals surface area contributed by atoms with E-state index in [-0.39, 0.29) is 6.61 Å². The first-order valence-corrected chi connectivity index (χ1v) is 9.37. The highest BCUT2D eigenvalue weighted by Crippen LogP contribution is 2.55. The van der Waals surface area contributed by atoms with Gasteiger partial charge in [0.1, 0.15) is 0 Å². The van der Waals surface area contributed by atoms with Crippen molar-refractivity contribution in [1.82, 2.24) is 5.32 Å². The summed E-state index contributed by atoms with van der Waals surface area (Å²) in [6.07, 6.45) is 14.4. The molecule has 4 fully saturated rings. The molecule has 2 nitrogen and oxygen atoms in total. The van der Waals surface area contributed by atoms with Gasteiger partial charge in [0.2, 0.25) is 0 Å². The van der Waals surface area contributed by atoms with Crippen LogP contribution in [0, 0.1) is 23.7 Å². The molecule has 22 heavy (non-hydrogen) atoms. The molecule has 4 bridgehead atoms. The third kappa shape index (κ3) is 2.80. The molecule has 0 spiro atoms. The van der Waals surface area contributed by atoms with Crippen molar-refractivity contribution in [3.63, 3.8) is 0 Å². The van der Waals surface area contributed by atoms with E-state index in [1.54, 1.807) is 0 Å². The smallest absolute Gasteiger partial charge is 0.0641 e. The predicted molar refractivity (Wildman–Crippen MR) is 90.6 cm³/mol. The molecule has 0 aromatic rings. The van der Waals surface area contributed by atoms with Gasteiger partial charge in [-0.05, 0) is 87.0 Å². The van der Waals surface area contributed by atoms with E-state index in [1.807, 2.05) is 0 Å². The average molecular weight is 301 g/mol. The zero-order chi connectivity index (χ0) is 15.2. The van der Waals surface area contributed by atoms with Gasteiger partial charge in [-0.3, -0.25) is 0 Å². The topological polar surface area (TPSA) is 32.3 Å². The first-order valence-electron chi connectivity index (χ1n) is 9.37. The van der Waals surface area contributed by atoms with E-state index in [9.17, 15) is 5.11 Å². The number of rotatable bonds is 5. The monoisotopic (exact) mass is 301 g/mol. The van der Waals surface area contributed by atoms with Crippen molar-refractivity contribution in [2.75, 3.05) is 13.2 Å². The minimum Gasteiger partial charge on any atom is -0.392 e. The molecular formula is C20H31NO. The Kier molecular flexibility index (Phi) is 3.94. The van der Waals surface area contributed by atoms with E-state index in [0.29, 0.717) is 11.5 Å². The standard InChI is InChI=1S/C20H31NO/c1-14(19-4-2-15(13-22)3-5-19)12-21-20-9-16-6-17(10-20)8-18(7-16)11-20/h2,16-19,21-22H,1,3-13H2/t16?,17?,18?,19-,20?/m1/s1. The molecule has 5 aliphatic carbocycles. The van der Waals surface area contributed by atoms with Gasteiger partial charge in [0.05, 0.1) is 6.61 Å². The van der Waals surface area contributed by atoms with Crippen molar-refractivity contribution in [1.29, 1.82) is 0 Å². The lowest BCUT2D eigenvalue weighted by molar-refractivity contribution is -0.0184. The number of nitrogens with one attached hydrogen (secondary N) is 1. The number of aliphatic hydroxyl groups excluding tert-OH is 1. The SMILES string of the molecule is C=C(CNC12CC3CC(CC(C3)C1)C2)[C@@H]1CC=C(CO)CC1. The summed E-state index contributed by atoms with van der Waals surface area (Å²) in [7, 11) is 0. The molecule has 0 amide bonds. The van der Waals surface area contributed by atoms with E-state index in [2.05, 4.69) is 18.0 Å². The highest BCUT2D eigenvalue weighted by molar-refractivity contribution is 5.16. The van der Waals surface area contributed by atoms with Crippen LogP contribution in [0.15, 0.2) is 23.8 Å². The molecule has 0 heterocycles. The van der Waals surface area contributed by atoms with Crippen LogP contribution >= 0.6 is 0 Å². The van der Waals surface area contributed by atoms with Crippen molar-refractivity contribution in [3.05, 3.63) is 23.8 Å². The lowest BCUT2D eigenvalue weighted by atomic mass is 9.53. The quantitative estimate of drug-likeness (QED) is 0.757. The van der Waals surface area contributed by atoms with Crippen molar-refractivity contribution < 1.29 is 5.11 Å². The van der Waals surface area contributed by atoms with E-state index in [0.717, 1.165) is 37.1 Å². The molecule has 5 aliphatic rings. The van der Waals surface area contributed by atoms with Crippen LogP contribution in [0.1, 0.15) is 57.8 Å². The van der Waals surface area contributed by atoms with Crippen LogP contribution in [-0.2, 0) is 0 Å². The number of hydrogen-bond donors (Lipinski definition) is 2. The maximum Gasteiger partial charge on any atom is 0.0641 e. The van der Waals surface area contributed by atoms with Gasteiger partial charge < -0.3 is 10.4 Å². The molecule has 122 valence electrons. The van der Waals surface area contributed by atoms with E-state index < -0.39 is 0 Å². The van der Waals surface area contributed by atoms with Gasteiger partial charge in [-0.15, -0.1) is 0 Å². The molecular weight excluding hydrogens is 270 g/mol. The van der Waals surface area contributed by atoms with Crippen molar-refractivity contribution in [2.45, 2.75) is 63.3 Å². The second-order valence-corrected chi connectivity index (χ2v) is 8.70. The van der Waals surface area contributed by atoms with E-state index in [4.69, 9.17) is 0 Å². The molecule has 0 aromatic carbocycles. The maximum atomic E-state index is 9.21. The average Bonchev–Trinajstić information content (AvgIpc) is 2.51. The second-order valence-electron chi connectivity index (χ2n) is 8.70. The lowest BCUT2D eigenvalue weighted by Gasteiger charge is -2.57. The van der Waals surface area contributed by atoms with E-state index in [1.165, 1.54) is 56.1 Å². The largest absolute Gasteiger partial charge is 0.392 e. The maximum absolute atomic E-state index is 9.21. The van der Waals surface area contributed by atoms with Gasteiger partial charge in [0, 0.05) is 12.1 Å². The molecule has 2 N–H and O–H groups in total. The Labute approximate surface area is 135 Å². The predicted octanol–water partition coefficient (Wildman–Crippen LogP) is 3.82. The molecule has 1 atom stereocenters. The second kappa shape index (κ2) is 5.79. The Bertz CT molecular complexity index is 443. The van der Waals surface area contributed by atoms with Crippen LogP contribution in [-0.4, -0.2) is 23.8 Å². The van der Waals surface area contributed by atoms with Crippen LogP contribution in [0.3, 0.4) is 0 Å². The van der Waals surface area contributed by atoms with Gasteiger partial charge in [0.25, 0.3) is 0 Å². The Hall–Kier alpha value is -0.600. The fourth-order valence-electron chi connectivity index (χ4n) is 6.18.